The van der Waals surface area contributed by atoms with Crippen molar-refractivity contribution in [1.29, 1.82) is 0 Å². The highest BCUT2D eigenvalue weighted by Gasteiger charge is 2.33. The molecule has 1 aliphatic rings. The number of benzene rings is 1. The maximum absolute atomic E-state index is 8.84. The highest BCUT2D eigenvalue weighted by atomic mass is 16.2. The van der Waals surface area contributed by atoms with Crippen LogP contribution in [0, 0.1) is 0 Å². The molecule has 21 heavy (non-hydrogen) atoms. The van der Waals surface area contributed by atoms with Crippen LogP contribution in [-0.4, -0.2) is 53.2 Å². The van der Waals surface area contributed by atoms with E-state index in [2.05, 4.69) is 54.0 Å². The van der Waals surface area contributed by atoms with Crippen LogP contribution < -0.4 is 0 Å². The van der Waals surface area contributed by atoms with Gasteiger partial charge in [-0.15, -0.1) is 0 Å². The third-order valence-corrected chi connectivity index (χ3v) is 4.50. The Hall–Kier alpha value is -0.900. The number of rotatable bonds is 7. The van der Waals surface area contributed by atoms with Gasteiger partial charge in [0.15, 0.2) is 0 Å². The molecule has 0 aromatic heterocycles. The summed E-state index contributed by atoms with van der Waals surface area (Å²) in [6.07, 6.45) is 3.29. The molecule has 1 fully saturated rings. The Kier molecular flexibility index (Phi) is 6.22. The van der Waals surface area contributed by atoms with Crippen molar-refractivity contribution in [2.75, 3.05) is 32.8 Å². The molecule has 0 aliphatic carbocycles. The van der Waals surface area contributed by atoms with Crippen LogP contribution in [0.4, 0.5) is 0 Å². The summed E-state index contributed by atoms with van der Waals surface area (Å²) < 4.78 is 0. The molecule has 0 unspecified atom stereocenters. The van der Waals surface area contributed by atoms with Crippen LogP contribution in [0.1, 0.15) is 38.7 Å². The Morgan fingerprint density at radius 1 is 1.05 bits per heavy atom. The van der Waals surface area contributed by atoms with Gasteiger partial charge in [-0.1, -0.05) is 30.3 Å². The van der Waals surface area contributed by atoms with Gasteiger partial charge in [0.25, 0.3) is 0 Å². The number of piperazine rings is 1. The SMILES string of the molecule is CC1(C)CN(CCCCCO)CCN1Cc1ccccc1. The van der Waals surface area contributed by atoms with E-state index in [9.17, 15) is 0 Å². The van der Waals surface area contributed by atoms with E-state index in [4.69, 9.17) is 5.11 Å². The van der Waals surface area contributed by atoms with E-state index in [1.807, 2.05) is 0 Å². The molecule has 3 heteroatoms. The van der Waals surface area contributed by atoms with Crippen LogP contribution in [0.2, 0.25) is 0 Å². The molecule has 3 nitrogen and oxygen atoms in total. The second-order valence-electron chi connectivity index (χ2n) is 6.78. The maximum atomic E-state index is 8.84. The molecular weight excluding hydrogens is 260 g/mol. The van der Waals surface area contributed by atoms with E-state index in [-0.39, 0.29) is 5.54 Å². The monoisotopic (exact) mass is 290 g/mol. The van der Waals surface area contributed by atoms with Crippen LogP contribution in [0.3, 0.4) is 0 Å². The minimum absolute atomic E-state index is 0.227. The van der Waals surface area contributed by atoms with E-state index in [0.717, 1.165) is 39.0 Å². The number of aliphatic hydroxyl groups is 1. The molecule has 2 rings (SSSR count). The molecule has 0 bridgehead atoms. The molecular formula is C18H30N2O. The van der Waals surface area contributed by atoms with Gasteiger partial charge in [-0.3, -0.25) is 4.90 Å². The lowest BCUT2D eigenvalue weighted by atomic mass is 9.97. The molecule has 0 amide bonds. The first-order valence-corrected chi connectivity index (χ1v) is 8.24. The fourth-order valence-electron chi connectivity index (χ4n) is 3.20. The predicted octanol–water partition coefficient (Wildman–Crippen LogP) is 2.75. The zero-order chi connectivity index (χ0) is 15.1. The fraction of sp³-hybridized carbons (Fsp3) is 0.667. The van der Waals surface area contributed by atoms with Gasteiger partial charge in [0, 0.05) is 38.3 Å². The van der Waals surface area contributed by atoms with E-state index in [1.165, 1.54) is 18.5 Å². The van der Waals surface area contributed by atoms with Crippen molar-refractivity contribution < 1.29 is 5.11 Å². The first-order valence-electron chi connectivity index (χ1n) is 8.24. The summed E-state index contributed by atoms with van der Waals surface area (Å²) in [6, 6.07) is 10.8. The van der Waals surface area contributed by atoms with Crippen molar-refractivity contribution in [3.8, 4) is 0 Å². The Morgan fingerprint density at radius 3 is 2.48 bits per heavy atom. The zero-order valence-corrected chi connectivity index (χ0v) is 13.6. The second kappa shape index (κ2) is 7.92. The first-order chi connectivity index (χ1) is 10.1. The van der Waals surface area contributed by atoms with E-state index in [1.54, 1.807) is 0 Å². The summed E-state index contributed by atoms with van der Waals surface area (Å²) in [6.45, 7) is 10.7. The Bertz CT molecular complexity index is 405. The molecule has 1 N–H and O–H groups in total. The molecule has 1 heterocycles. The van der Waals surface area contributed by atoms with Crippen molar-refractivity contribution >= 4 is 0 Å². The van der Waals surface area contributed by atoms with Gasteiger partial charge in [-0.05, 0) is 45.2 Å². The maximum Gasteiger partial charge on any atom is 0.0431 e. The lowest BCUT2D eigenvalue weighted by molar-refractivity contribution is 0.0131. The Labute approximate surface area is 129 Å². The molecule has 0 atom stereocenters. The second-order valence-corrected chi connectivity index (χ2v) is 6.78. The normalized spacial score (nSPS) is 19.8. The molecule has 1 aromatic carbocycles. The third kappa shape index (κ3) is 5.10. The van der Waals surface area contributed by atoms with Crippen LogP contribution in [0.15, 0.2) is 30.3 Å². The largest absolute Gasteiger partial charge is 0.396 e. The Morgan fingerprint density at radius 2 is 1.81 bits per heavy atom. The topological polar surface area (TPSA) is 26.7 Å². The highest BCUT2D eigenvalue weighted by Crippen LogP contribution is 2.23. The van der Waals surface area contributed by atoms with Crippen LogP contribution in [0.5, 0.6) is 0 Å². The molecule has 1 aromatic rings. The summed E-state index contributed by atoms with van der Waals surface area (Å²) in [5.74, 6) is 0. The number of aliphatic hydroxyl groups excluding tert-OH is 1. The summed E-state index contributed by atoms with van der Waals surface area (Å²) in [4.78, 5) is 5.19. The van der Waals surface area contributed by atoms with E-state index < -0.39 is 0 Å². The number of hydrogen-bond acceptors (Lipinski definition) is 3. The smallest absolute Gasteiger partial charge is 0.0431 e. The standard InChI is InChI=1S/C18H30N2O/c1-18(2)16-19(11-7-4-8-14-21)12-13-20(18)15-17-9-5-3-6-10-17/h3,5-6,9-10,21H,4,7-8,11-16H2,1-2H3. The van der Waals surface area contributed by atoms with Crippen molar-refractivity contribution in [2.24, 2.45) is 0 Å². The predicted molar refractivity (Wildman–Crippen MR) is 88.3 cm³/mol. The van der Waals surface area contributed by atoms with Gasteiger partial charge in [0.05, 0.1) is 0 Å². The summed E-state index contributed by atoms with van der Waals surface area (Å²) in [7, 11) is 0. The highest BCUT2D eigenvalue weighted by molar-refractivity contribution is 5.15. The van der Waals surface area contributed by atoms with Gasteiger partial charge in [0.1, 0.15) is 0 Å². The van der Waals surface area contributed by atoms with Crippen molar-refractivity contribution in [2.45, 2.75) is 45.2 Å². The number of nitrogens with zero attached hydrogens (tertiary/aromatic N) is 2. The van der Waals surface area contributed by atoms with Crippen LogP contribution in [-0.2, 0) is 6.54 Å². The fourth-order valence-corrected chi connectivity index (χ4v) is 3.20. The molecule has 0 radical (unpaired) electrons. The van der Waals surface area contributed by atoms with Gasteiger partial charge >= 0.3 is 0 Å². The number of unbranched alkanes of at least 4 members (excludes halogenated alkanes) is 2. The van der Waals surface area contributed by atoms with Gasteiger partial charge in [-0.2, -0.15) is 0 Å². The molecule has 1 saturated heterocycles. The number of hydrogen-bond donors (Lipinski definition) is 1. The molecule has 0 saturated carbocycles. The summed E-state index contributed by atoms with van der Waals surface area (Å²) in [5, 5.41) is 8.84. The third-order valence-electron chi connectivity index (χ3n) is 4.50. The lowest BCUT2D eigenvalue weighted by Crippen LogP contribution is -2.58. The molecule has 118 valence electrons. The van der Waals surface area contributed by atoms with Crippen LogP contribution in [0.25, 0.3) is 0 Å². The van der Waals surface area contributed by atoms with Crippen molar-refractivity contribution in [1.82, 2.24) is 9.80 Å². The zero-order valence-electron chi connectivity index (χ0n) is 13.6. The van der Waals surface area contributed by atoms with Gasteiger partial charge < -0.3 is 10.0 Å². The van der Waals surface area contributed by atoms with Crippen molar-refractivity contribution in [3.63, 3.8) is 0 Å². The lowest BCUT2D eigenvalue weighted by Gasteiger charge is -2.47. The minimum atomic E-state index is 0.227. The molecule has 0 spiro atoms. The Balaban J connectivity index is 1.82. The minimum Gasteiger partial charge on any atom is -0.396 e. The average Bonchev–Trinajstić information content (AvgIpc) is 2.47. The van der Waals surface area contributed by atoms with Crippen molar-refractivity contribution in [3.05, 3.63) is 35.9 Å². The quantitative estimate of drug-likeness (QED) is 0.782. The van der Waals surface area contributed by atoms with Gasteiger partial charge in [0.2, 0.25) is 0 Å². The first kappa shape index (κ1) is 16.5. The van der Waals surface area contributed by atoms with E-state index >= 15 is 0 Å². The summed E-state index contributed by atoms with van der Waals surface area (Å²) >= 11 is 0. The molecule has 1 aliphatic heterocycles. The summed E-state index contributed by atoms with van der Waals surface area (Å²) in [5.41, 5.74) is 1.63. The van der Waals surface area contributed by atoms with Gasteiger partial charge in [-0.25, -0.2) is 0 Å². The average molecular weight is 290 g/mol. The van der Waals surface area contributed by atoms with Crippen LogP contribution >= 0.6 is 0 Å². The van der Waals surface area contributed by atoms with E-state index in [0.29, 0.717) is 6.61 Å².